The van der Waals surface area contributed by atoms with Crippen LogP contribution in [-0.4, -0.2) is 65.5 Å². The zero-order valence-electron chi connectivity index (χ0n) is 22.7. The van der Waals surface area contributed by atoms with Crippen LogP contribution in [0.5, 0.6) is 11.5 Å². The summed E-state index contributed by atoms with van der Waals surface area (Å²) in [5.41, 5.74) is 4.01. The Morgan fingerprint density at radius 3 is 2.47 bits per heavy atom. The van der Waals surface area contributed by atoms with Crippen LogP contribution in [0.2, 0.25) is 0 Å². The third-order valence-corrected chi connectivity index (χ3v) is 7.37. The second-order valence-corrected chi connectivity index (χ2v) is 9.43. The summed E-state index contributed by atoms with van der Waals surface area (Å²) in [5.74, 6) is 2.60. The number of methoxy groups -OCH3 is 1. The Morgan fingerprint density at radius 1 is 1.08 bits per heavy atom. The van der Waals surface area contributed by atoms with Crippen molar-refractivity contribution < 1.29 is 14.3 Å². The standard InChI is InChI=1S/C28H39N5O3/c1-8-31(9-2)28(34)21-12-11-15-32(17-21)27-26-20(6)33(19(5)25(26)18(4)29-30-27)23-14-13-22(36-10-3)16-24(23)35-7/h13-14,16,21H,8-12,15,17H2,1-7H3. The van der Waals surface area contributed by atoms with Gasteiger partial charge in [-0.25, -0.2) is 0 Å². The quantitative estimate of drug-likeness (QED) is 0.447. The highest BCUT2D eigenvalue weighted by Gasteiger charge is 2.31. The van der Waals surface area contributed by atoms with Crippen LogP contribution >= 0.6 is 0 Å². The van der Waals surface area contributed by atoms with E-state index in [1.807, 2.05) is 50.8 Å². The van der Waals surface area contributed by atoms with E-state index in [-0.39, 0.29) is 11.8 Å². The molecule has 3 heterocycles. The Morgan fingerprint density at radius 2 is 1.81 bits per heavy atom. The monoisotopic (exact) mass is 493 g/mol. The second kappa shape index (κ2) is 10.8. The maximum absolute atomic E-state index is 13.1. The molecule has 3 aromatic rings. The SMILES string of the molecule is CCOc1ccc(-n2c(C)c3c(C)nnc(N4CCCC(C(=O)N(CC)CC)C4)c3c2C)c(OC)c1. The van der Waals surface area contributed by atoms with Crippen molar-refractivity contribution in [3.05, 3.63) is 35.3 Å². The van der Waals surface area contributed by atoms with Gasteiger partial charge in [-0.2, -0.15) is 5.10 Å². The van der Waals surface area contributed by atoms with Gasteiger partial charge < -0.3 is 23.8 Å². The molecule has 1 unspecified atom stereocenters. The molecule has 8 nitrogen and oxygen atoms in total. The summed E-state index contributed by atoms with van der Waals surface area (Å²) in [7, 11) is 1.68. The molecule has 1 aliphatic rings. The number of piperidine rings is 1. The molecule has 0 aliphatic carbocycles. The number of anilines is 1. The van der Waals surface area contributed by atoms with Crippen LogP contribution in [0.3, 0.4) is 0 Å². The first kappa shape index (κ1) is 25.8. The van der Waals surface area contributed by atoms with Crippen molar-refractivity contribution in [1.29, 1.82) is 0 Å². The van der Waals surface area contributed by atoms with Crippen molar-refractivity contribution in [2.45, 2.75) is 54.4 Å². The summed E-state index contributed by atoms with van der Waals surface area (Å²) in [6.07, 6.45) is 1.87. The maximum Gasteiger partial charge on any atom is 0.227 e. The van der Waals surface area contributed by atoms with E-state index in [4.69, 9.17) is 9.47 Å². The summed E-state index contributed by atoms with van der Waals surface area (Å²) in [5, 5.41) is 11.4. The van der Waals surface area contributed by atoms with Crippen LogP contribution in [0.15, 0.2) is 18.2 Å². The Kier molecular flexibility index (Phi) is 7.71. The molecule has 1 atom stereocenters. The molecule has 1 saturated heterocycles. The fraction of sp³-hybridized carbons (Fsp3) is 0.536. The zero-order valence-corrected chi connectivity index (χ0v) is 22.7. The van der Waals surface area contributed by atoms with Crippen molar-refractivity contribution in [2.75, 3.05) is 44.8 Å². The maximum atomic E-state index is 13.1. The van der Waals surface area contributed by atoms with Crippen LogP contribution in [0.1, 0.15) is 50.7 Å². The topological polar surface area (TPSA) is 72.7 Å². The Balaban J connectivity index is 1.81. The van der Waals surface area contributed by atoms with Gasteiger partial charge in [0.05, 0.1) is 31.0 Å². The van der Waals surface area contributed by atoms with Gasteiger partial charge in [-0.3, -0.25) is 4.79 Å². The molecule has 0 saturated carbocycles. The molecule has 1 fully saturated rings. The van der Waals surface area contributed by atoms with Gasteiger partial charge in [0.2, 0.25) is 5.91 Å². The van der Waals surface area contributed by atoms with Crippen molar-refractivity contribution in [2.24, 2.45) is 5.92 Å². The Labute approximate surface area is 214 Å². The van der Waals surface area contributed by atoms with E-state index in [0.29, 0.717) is 13.2 Å². The average Bonchev–Trinajstić information content (AvgIpc) is 3.16. The number of rotatable bonds is 8. The fourth-order valence-electron chi connectivity index (χ4n) is 5.62. The average molecular weight is 494 g/mol. The summed E-state index contributed by atoms with van der Waals surface area (Å²) in [6, 6.07) is 5.95. The van der Waals surface area contributed by atoms with Crippen LogP contribution < -0.4 is 14.4 Å². The fourth-order valence-corrected chi connectivity index (χ4v) is 5.62. The van der Waals surface area contributed by atoms with Crippen LogP contribution in [0, 0.1) is 26.7 Å². The van der Waals surface area contributed by atoms with E-state index >= 15 is 0 Å². The minimum atomic E-state index is -0.0218. The molecule has 0 spiro atoms. The minimum absolute atomic E-state index is 0.0218. The van der Waals surface area contributed by atoms with Gasteiger partial charge in [0.1, 0.15) is 11.5 Å². The van der Waals surface area contributed by atoms with Gasteiger partial charge in [-0.05, 0) is 66.5 Å². The molecular formula is C28H39N5O3. The number of nitrogens with zero attached hydrogens (tertiary/aromatic N) is 5. The lowest BCUT2D eigenvalue weighted by molar-refractivity contribution is -0.135. The summed E-state index contributed by atoms with van der Waals surface area (Å²) >= 11 is 0. The van der Waals surface area contributed by atoms with Gasteiger partial charge in [0, 0.05) is 54.4 Å². The van der Waals surface area contributed by atoms with E-state index in [1.54, 1.807) is 7.11 Å². The number of hydrogen-bond acceptors (Lipinski definition) is 6. The highest BCUT2D eigenvalue weighted by atomic mass is 16.5. The lowest BCUT2D eigenvalue weighted by atomic mass is 9.96. The first-order valence-electron chi connectivity index (χ1n) is 13.1. The molecule has 8 heteroatoms. The smallest absolute Gasteiger partial charge is 0.227 e. The van der Waals surface area contributed by atoms with E-state index in [0.717, 1.165) is 83.3 Å². The van der Waals surface area contributed by atoms with Crippen molar-refractivity contribution in [1.82, 2.24) is 19.7 Å². The number of ether oxygens (including phenoxy) is 2. The van der Waals surface area contributed by atoms with Gasteiger partial charge >= 0.3 is 0 Å². The molecule has 4 rings (SSSR count). The Bertz CT molecular complexity index is 1250. The molecule has 1 amide bonds. The van der Waals surface area contributed by atoms with E-state index < -0.39 is 0 Å². The van der Waals surface area contributed by atoms with Crippen LogP contribution in [0.25, 0.3) is 16.5 Å². The molecule has 0 bridgehead atoms. The summed E-state index contributed by atoms with van der Waals surface area (Å²) in [4.78, 5) is 17.3. The van der Waals surface area contributed by atoms with Crippen molar-refractivity contribution in [3.63, 3.8) is 0 Å². The first-order valence-corrected chi connectivity index (χ1v) is 13.1. The van der Waals surface area contributed by atoms with E-state index in [1.165, 1.54) is 0 Å². The molecule has 194 valence electrons. The molecule has 1 aromatic carbocycles. The lowest BCUT2D eigenvalue weighted by Gasteiger charge is -2.35. The third-order valence-electron chi connectivity index (χ3n) is 7.37. The van der Waals surface area contributed by atoms with Gasteiger partial charge in [-0.1, -0.05) is 0 Å². The largest absolute Gasteiger partial charge is 0.494 e. The highest BCUT2D eigenvalue weighted by molar-refractivity contribution is 5.99. The Hall–Kier alpha value is -3.29. The molecule has 0 N–H and O–H groups in total. The number of aromatic nitrogens is 3. The highest BCUT2D eigenvalue weighted by Crippen LogP contribution is 2.39. The molecule has 1 aliphatic heterocycles. The lowest BCUT2D eigenvalue weighted by Crippen LogP contribution is -2.45. The van der Waals surface area contributed by atoms with Gasteiger partial charge in [-0.15, -0.1) is 5.10 Å². The number of benzene rings is 1. The number of aryl methyl sites for hydroxylation is 3. The third kappa shape index (κ3) is 4.49. The number of fused-ring (bicyclic) bond motifs is 1. The summed E-state index contributed by atoms with van der Waals surface area (Å²) in [6.45, 7) is 15.9. The predicted octanol–water partition coefficient (Wildman–Crippen LogP) is 4.84. The molecule has 36 heavy (non-hydrogen) atoms. The van der Waals surface area contributed by atoms with Crippen LogP contribution in [-0.2, 0) is 4.79 Å². The minimum Gasteiger partial charge on any atom is -0.494 e. The van der Waals surface area contributed by atoms with Crippen LogP contribution in [0.4, 0.5) is 5.82 Å². The predicted molar refractivity (Wildman–Crippen MR) is 144 cm³/mol. The molecule has 2 aromatic heterocycles. The number of carbonyl (C=O) groups excluding carboxylic acids is 1. The molecular weight excluding hydrogens is 454 g/mol. The first-order chi connectivity index (χ1) is 17.4. The zero-order chi connectivity index (χ0) is 26.0. The van der Waals surface area contributed by atoms with Gasteiger partial charge in [0.25, 0.3) is 0 Å². The van der Waals surface area contributed by atoms with E-state index in [2.05, 4.69) is 33.5 Å². The normalized spacial score (nSPS) is 15.9. The van der Waals surface area contributed by atoms with Crippen molar-refractivity contribution >= 4 is 22.5 Å². The number of hydrogen-bond donors (Lipinski definition) is 0. The number of carbonyl (C=O) groups is 1. The van der Waals surface area contributed by atoms with E-state index in [9.17, 15) is 4.79 Å². The summed E-state index contributed by atoms with van der Waals surface area (Å²) < 4.78 is 13.7. The molecule has 0 radical (unpaired) electrons. The van der Waals surface area contributed by atoms with Gasteiger partial charge in [0.15, 0.2) is 5.82 Å². The number of amides is 1. The second-order valence-electron chi connectivity index (χ2n) is 9.43. The van der Waals surface area contributed by atoms with Crippen molar-refractivity contribution in [3.8, 4) is 17.2 Å².